The van der Waals surface area contributed by atoms with Gasteiger partial charge in [-0.1, -0.05) is 18.7 Å². The van der Waals surface area contributed by atoms with Gasteiger partial charge in [0.2, 0.25) is 5.91 Å². The number of carbonyl (C=O) groups excluding carboxylic acids is 1. The summed E-state index contributed by atoms with van der Waals surface area (Å²) in [4.78, 5) is 15.6. The number of aryl methyl sites for hydroxylation is 1. The van der Waals surface area contributed by atoms with Gasteiger partial charge in [-0.25, -0.2) is 4.98 Å². The summed E-state index contributed by atoms with van der Waals surface area (Å²) in [6.45, 7) is 2.03. The number of hydrogen-bond acceptors (Lipinski definition) is 6. The Morgan fingerprint density at radius 1 is 1.71 bits per heavy atom. The van der Waals surface area contributed by atoms with E-state index in [4.69, 9.17) is 5.73 Å². The largest absolute Gasteiger partial charge is 0.368 e. The molecule has 1 unspecified atom stereocenters. The predicted octanol–water partition coefficient (Wildman–Crippen LogP) is 0.798. The Morgan fingerprint density at radius 3 is 3.00 bits per heavy atom. The minimum atomic E-state index is -0.287. The van der Waals surface area contributed by atoms with Crippen molar-refractivity contribution in [2.45, 2.75) is 42.6 Å². The van der Waals surface area contributed by atoms with Gasteiger partial charge in [-0.2, -0.15) is 4.37 Å². The van der Waals surface area contributed by atoms with E-state index in [0.717, 1.165) is 29.4 Å². The molecule has 2 rings (SSSR count). The lowest BCUT2D eigenvalue weighted by molar-refractivity contribution is -0.119. The molecule has 1 heterocycles. The quantitative estimate of drug-likeness (QED) is 0.718. The molecule has 0 radical (unpaired) electrons. The molecule has 0 spiro atoms. The Bertz CT molecular complexity index is 391. The maximum atomic E-state index is 11.3. The minimum absolute atomic E-state index is 0.263. The highest BCUT2D eigenvalue weighted by Crippen LogP contribution is 2.23. The van der Waals surface area contributed by atoms with Crippen LogP contribution in [-0.2, 0) is 11.2 Å². The smallest absolute Gasteiger partial charge is 0.235 e. The molecule has 1 saturated carbocycles. The van der Waals surface area contributed by atoms with E-state index in [2.05, 4.69) is 14.7 Å². The van der Waals surface area contributed by atoms with Crippen LogP contribution in [0, 0.1) is 0 Å². The molecule has 0 bridgehead atoms. The fourth-order valence-corrected chi connectivity index (χ4v) is 3.11. The van der Waals surface area contributed by atoms with Crippen LogP contribution in [0.3, 0.4) is 0 Å². The molecular formula is C10H16N4OS2. The van der Waals surface area contributed by atoms with Crippen LogP contribution in [0.2, 0.25) is 0 Å². The number of rotatable bonds is 7. The molecule has 1 aromatic rings. The van der Waals surface area contributed by atoms with Gasteiger partial charge in [0.05, 0.1) is 6.04 Å². The first-order chi connectivity index (χ1) is 8.19. The third-order valence-electron chi connectivity index (χ3n) is 2.50. The first-order valence-corrected chi connectivity index (χ1v) is 7.45. The van der Waals surface area contributed by atoms with E-state index < -0.39 is 0 Å². The molecule has 94 valence electrons. The highest BCUT2D eigenvalue weighted by molar-refractivity contribution is 8.01. The van der Waals surface area contributed by atoms with Gasteiger partial charge in [-0.05, 0) is 24.4 Å². The molecule has 0 aliphatic heterocycles. The van der Waals surface area contributed by atoms with Crippen molar-refractivity contribution < 1.29 is 4.79 Å². The third-order valence-corrected chi connectivity index (χ3v) is 4.46. The van der Waals surface area contributed by atoms with Gasteiger partial charge in [0.25, 0.3) is 0 Å². The summed E-state index contributed by atoms with van der Waals surface area (Å²) in [6.07, 6.45) is 3.14. The highest BCUT2D eigenvalue weighted by atomic mass is 32.2. The summed E-state index contributed by atoms with van der Waals surface area (Å²) in [5.74, 6) is 1.21. The highest BCUT2D eigenvalue weighted by Gasteiger charge is 2.27. The number of thioether (sulfide) groups is 1. The maximum absolute atomic E-state index is 11.3. The van der Waals surface area contributed by atoms with Crippen molar-refractivity contribution in [1.82, 2.24) is 14.7 Å². The summed E-state index contributed by atoms with van der Waals surface area (Å²) in [5.41, 5.74) is 5.36. The number of nitrogens with one attached hydrogen (secondary N) is 1. The van der Waals surface area contributed by atoms with Crippen LogP contribution in [0.1, 0.15) is 25.6 Å². The lowest BCUT2D eigenvalue weighted by Crippen LogP contribution is -2.44. The Kier molecular flexibility index (Phi) is 4.36. The zero-order valence-electron chi connectivity index (χ0n) is 9.68. The molecule has 1 aliphatic carbocycles. The Morgan fingerprint density at radius 2 is 2.47 bits per heavy atom. The van der Waals surface area contributed by atoms with E-state index in [1.54, 1.807) is 11.8 Å². The number of carbonyl (C=O) groups is 1. The van der Waals surface area contributed by atoms with Crippen molar-refractivity contribution in [1.29, 1.82) is 0 Å². The number of nitrogens with two attached hydrogens (primary N) is 1. The molecule has 17 heavy (non-hydrogen) atoms. The van der Waals surface area contributed by atoms with E-state index >= 15 is 0 Å². The molecule has 5 nitrogen and oxygen atoms in total. The van der Waals surface area contributed by atoms with Gasteiger partial charge in [0, 0.05) is 18.2 Å². The third kappa shape index (κ3) is 3.93. The summed E-state index contributed by atoms with van der Waals surface area (Å²) in [6, 6.07) is 0.218. The minimum Gasteiger partial charge on any atom is -0.368 e. The predicted molar refractivity (Wildman–Crippen MR) is 69.2 cm³/mol. The second kappa shape index (κ2) is 5.79. The first kappa shape index (κ1) is 12.8. The van der Waals surface area contributed by atoms with Crippen LogP contribution in [0.4, 0.5) is 0 Å². The van der Waals surface area contributed by atoms with Crippen molar-refractivity contribution in [3.8, 4) is 0 Å². The number of amides is 1. The van der Waals surface area contributed by atoms with Gasteiger partial charge in [-0.3, -0.25) is 4.79 Å². The molecule has 1 aromatic heterocycles. The molecule has 3 N–H and O–H groups in total. The normalized spacial score (nSPS) is 17.0. The molecule has 7 heteroatoms. The molecular weight excluding hydrogens is 256 g/mol. The lowest BCUT2D eigenvalue weighted by atomic mass is 10.3. The van der Waals surface area contributed by atoms with E-state index in [9.17, 15) is 4.79 Å². The summed E-state index contributed by atoms with van der Waals surface area (Å²) >= 11 is 2.93. The van der Waals surface area contributed by atoms with Gasteiger partial charge < -0.3 is 11.1 Å². The first-order valence-electron chi connectivity index (χ1n) is 5.69. The maximum Gasteiger partial charge on any atom is 0.235 e. The molecule has 1 amide bonds. The van der Waals surface area contributed by atoms with Crippen LogP contribution in [0.5, 0.6) is 0 Å². The Hall–Kier alpha value is -0.660. The molecule has 0 aromatic carbocycles. The number of aromatic nitrogens is 2. The zero-order valence-corrected chi connectivity index (χ0v) is 11.3. The van der Waals surface area contributed by atoms with Crippen LogP contribution < -0.4 is 11.1 Å². The second-order valence-corrected chi connectivity index (χ2v) is 6.06. The van der Waals surface area contributed by atoms with Gasteiger partial charge in [0.1, 0.15) is 5.82 Å². The van der Waals surface area contributed by atoms with Crippen LogP contribution in [0.25, 0.3) is 0 Å². The summed E-state index contributed by atoms with van der Waals surface area (Å²) < 4.78 is 5.11. The lowest BCUT2D eigenvalue weighted by Gasteiger charge is -2.13. The fraction of sp³-hybridized carbons (Fsp3) is 0.700. The zero-order chi connectivity index (χ0) is 12.3. The van der Waals surface area contributed by atoms with Crippen molar-refractivity contribution in [3.63, 3.8) is 0 Å². The Labute approximate surface area is 109 Å². The average molecular weight is 272 g/mol. The van der Waals surface area contributed by atoms with Crippen molar-refractivity contribution in [2.75, 3.05) is 5.75 Å². The number of nitrogens with zero attached hydrogens (tertiary/aromatic N) is 2. The fourth-order valence-electron chi connectivity index (χ4n) is 1.34. The molecule has 1 atom stereocenters. The monoisotopic (exact) mass is 272 g/mol. The van der Waals surface area contributed by atoms with E-state index in [-0.39, 0.29) is 11.9 Å². The average Bonchev–Trinajstić information content (AvgIpc) is 3.01. The van der Waals surface area contributed by atoms with Gasteiger partial charge in [0.15, 0.2) is 4.34 Å². The number of primary amides is 1. The van der Waals surface area contributed by atoms with Crippen LogP contribution in [0.15, 0.2) is 4.34 Å². The topological polar surface area (TPSA) is 80.9 Å². The van der Waals surface area contributed by atoms with Crippen molar-refractivity contribution in [2.24, 2.45) is 5.73 Å². The SMILES string of the molecule is CCc1nsc(SCC(NC2CC2)C(N)=O)n1. The summed E-state index contributed by atoms with van der Waals surface area (Å²) in [5, 5.41) is 3.24. The van der Waals surface area contributed by atoms with Gasteiger partial charge in [-0.15, -0.1) is 0 Å². The number of hydrogen-bond donors (Lipinski definition) is 2. The molecule has 1 fully saturated rings. The van der Waals surface area contributed by atoms with Crippen LogP contribution >= 0.6 is 23.3 Å². The Balaban J connectivity index is 1.83. The molecule has 1 aliphatic rings. The van der Waals surface area contributed by atoms with Crippen molar-refractivity contribution in [3.05, 3.63) is 5.82 Å². The van der Waals surface area contributed by atoms with E-state index in [1.165, 1.54) is 11.5 Å². The van der Waals surface area contributed by atoms with Crippen LogP contribution in [-0.4, -0.2) is 33.1 Å². The standard InChI is InChI=1S/C10H16N4OS2/c1-2-8-13-10(17-14-8)16-5-7(9(11)15)12-6-3-4-6/h6-7,12H,2-5H2,1H3,(H2,11,15). The van der Waals surface area contributed by atoms with Crippen molar-refractivity contribution >= 4 is 29.2 Å². The van der Waals surface area contributed by atoms with Gasteiger partial charge >= 0.3 is 0 Å². The van der Waals surface area contributed by atoms with E-state index in [1.807, 2.05) is 6.92 Å². The van der Waals surface area contributed by atoms with E-state index in [0.29, 0.717) is 11.8 Å². The summed E-state index contributed by atoms with van der Waals surface area (Å²) in [7, 11) is 0. The second-order valence-electron chi connectivity index (χ2n) is 4.04. The molecule has 0 saturated heterocycles.